The fourth-order valence-corrected chi connectivity index (χ4v) is 1.66. The molecule has 3 rings (SSSR count). The SMILES string of the molecule is [Bi+3].[O-]n1ccccc1=S.[O-]n1ccccc1=S.[O-]n1ccccc1=S. The van der Waals surface area contributed by atoms with Gasteiger partial charge in [0.05, 0.1) is 0 Å². The maximum atomic E-state index is 10.4. The Morgan fingerprint density at radius 1 is 0.520 bits per heavy atom. The average molecular weight is 587 g/mol. The van der Waals surface area contributed by atoms with Crippen LogP contribution in [0.4, 0.5) is 0 Å². The number of hydrogen-bond acceptors (Lipinski definition) is 6. The van der Waals surface area contributed by atoms with Crippen LogP contribution < -0.4 is 0 Å². The van der Waals surface area contributed by atoms with Crippen molar-refractivity contribution in [2.45, 2.75) is 0 Å². The second-order valence-corrected chi connectivity index (χ2v) is 5.35. The molecule has 0 atom stereocenters. The Bertz CT molecular complexity index is 818. The van der Waals surface area contributed by atoms with Crippen molar-refractivity contribution in [2.24, 2.45) is 0 Å². The number of rotatable bonds is 0. The molecule has 0 fully saturated rings. The fraction of sp³-hybridized carbons (Fsp3) is 0. The topological polar surface area (TPSA) is 84.0 Å². The first kappa shape index (κ1) is 23.4. The van der Waals surface area contributed by atoms with Gasteiger partial charge in [0.1, 0.15) is 13.9 Å². The van der Waals surface area contributed by atoms with E-state index in [1.54, 1.807) is 54.6 Å². The van der Waals surface area contributed by atoms with Crippen LogP contribution in [0.1, 0.15) is 0 Å². The Labute approximate surface area is 178 Å². The minimum atomic E-state index is 0. The van der Waals surface area contributed by atoms with E-state index in [1.807, 2.05) is 0 Å². The molecule has 0 aliphatic carbocycles. The van der Waals surface area contributed by atoms with Gasteiger partial charge in [0.25, 0.3) is 0 Å². The third-order valence-corrected chi connectivity index (χ3v) is 3.31. The van der Waals surface area contributed by atoms with Gasteiger partial charge in [-0.15, -0.1) is 0 Å². The van der Waals surface area contributed by atoms with E-state index in [0.29, 0.717) is 28.1 Å². The molecule has 3 aromatic heterocycles. The maximum Gasteiger partial charge on any atom is 3.00 e. The van der Waals surface area contributed by atoms with Crippen molar-refractivity contribution < 1.29 is 0 Å². The van der Waals surface area contributed by atoms with Crippen LogP contribution in [0.5, 0.6) is 0 Å². The Balaban J connectivity index is 0.000000339. The number of nitrogens with zero attached hydrogens (tertiary/aromatic N) is 3. The summed E-state index contributed by atoms with van der Waals surface area (Å²) in [6.07, 6.45) is 4.13. The molecule has 0 saturated heterocycles. The van der Waals surface area contributed by atoms with Crippen molar-refractivity contribution in [3.05, 3.63) is 103 Å². The van der Waals surface area contributed by atoms with Crippen molar-refractivity contribution in [3.8, 4) is 0 Å². The van der Waals surface area contributed by atoms with E-state index in [-0.39, 0.29) is 26.2 Å². The van der Waals surface area contributed by atoms with Gasteiger partial charge in [-0.2, -0.15) is 0 Å². The summed E-state index contributed by atoms with van der Waals surface area (Å²) in [5.74, 6) is 0. The van der Waals surface area contributed by atoms with Crippen LogP contribution in [0.2, 0.25) is 0 Å². The minimum absolute atomic E-state index is 0. The van der Waals surface area contributed by atoms with Crippen LogP contribution in [-0.4, -0.2) is 40.4 Å². The molecule has 6 nitrogen and oxygen atoms in total. The van der Waals surface area contributed by atoms with Crippen molar-refractivity contribution >= 4 is 62.9 Å². The van der Waals surface area contributed by atoms with Gasteiger partial charge in [0.15, 0.2) is 0 Å². The third kappa shape index (κ3) is 9.45. The molecule has 0 aliphatic heterocycles. The Kier molecular flexibility index (Phi) is 11.9. The predicted octanol–water partition coefficient (Wildman–Crippen LogP) is 4.31. The monoisotopic (exact) mass is 587 g/mol. The largest absolute Gasteiger partial charge is 3.00 e. The molecule has 0 spiro atoms. The van der Waals surface area contributed by atoms with Crippen molar-refractivity contribution in [2.75, 3.05) is 0 Å². The van der Waals surface area contributed by atoms with Gasteiger partial charge >= 0.3 is 26.2 Å². The van der Waals surface area contributed by atoms with E-state index in [0.717, 1.165) is 0 Å². The van der Waals surface area contributed by atoms with E-state index in [4.69, 9.17) is 0 Å². The summed E-state index contributed by atoms with van der Waals surface area (Å²) >= 11 is 13.8. The van der Waals surface area contributed by atoms with Gasteiger partial charge in [-0.05, 0) is 55.0 Å². The molecule has 0 unspecified atom stereocenters. The quantitative estimate of drug-likeness (QED) is 0.288. The molecule has 128 valence electrons. The summed E-state index contributed by atoms with van der Waals surface area (Å²) in [5, 5.41) is 31.3. The van der Waals surface area contributed by atoms with Crippen LogP contribution in [-0.2, 0) is 0 Å². The molecule has 0 saturated carbocycles. The first-order valence-electron chi connectivity index (χ1n) is 6.47. The zero-order chi connectivity index (χ0) is 17.9. The summed E-state index contributed by atoms with van der Waals surface area (Å²) in [4.78, 5) is 0. The molecule has 0 bridgehead atoms. The molecule has 3 heterocycles. The van der Waals surface area contributed by atoms with Crippen molar-refractivity contribution in [3.63, 3.8) is 0 Å². The summed E-state index contributed by atoms with van der Waals surface area (Å²) in [6, 6.07) is 14.9. The van der Waals surface area contributed by atoms with Gasteiger partial charge in [-0.1, -0.05) is 54.9 Å². The second-order valence-electron chi connectivity index (χ2n) is 4.09. The molecule has 3 aromatic rings. The van der Waals surface area contributed by atoms with Crippen LogP contribution in [0, 0.1) is 29.5 Å². The van der Waals surface area contributed by atoms with Gasteiger partial charge < -0.3 is 29.8 Å². The van der Waals surface area contributed by atoms with Crippen molar-refractivity contribution in [1.29, 1.82) is 0 Å². The zero-order valence-corrected chi connectivity index (χ0v) is 18.6. The Morgan fingerprint density at radius 2 is 0.760 bits per heavy atom. The Morgan fingerprint density at radius 3 is 0.880 bits per heavy atom. The minimum Gasteiger partial charge on any atom is -0.805 e. The number of aromatic nitrogens is 3. The summed E-state index contributed by atoms with van der Waals surface area (Å²) in [5.41, 5.74) is 0. The molecule has 10 heteroatoms. The molecular weight excluding hydrogens is 575 g/mol. The van der Waals surface area contributed by atoms with Gasteiger partial charge in [0, 0.05) is 0 Å². The molecule has 0 N–H and O–H groups in total. The van der Waals surface area contributed by atoms with E-state index in [2.05, 4.69) is 36.7 Å². The average Bonchev–Trinajstić information content (AvgIpc) is 2.57. The van der Waals surface area contributed by atoms with Gasteiger partial charge in [-0.3, -0.25) is 0 Å². The fourth-order valence-electron chi connectivity index (χ4n) is 1.24. The van der Waals surface area contributed by atoms with Crippen LogP contribution in [0.3, 0.4) is 0 Å². The van der Waals surface area contributed by atoms with E-state index in [1.165, 1.54) is 18.6 Å². The Hall–Kier alpha value is -1.61. The maximum absolute atomic E-state index is 10.4. The zero-order valence-electron chi connectivity index (χ0n) is 12.7. The molecule has 0 aliphatic rings. The predicted molar refractivity (Wildman–Crippen MR) is 108 cm³/mol. The third-order valence-electron chi connectivity index (χ3n) is 2.37. The summed E-state index contributed by atoms with van der Waals surface area (Å²) in [6.45, 7) is 0. The summed E-state index contributed by atoms with van der Waals surface area (Å²) < 4.78 is 2.88. The number of hydrogen-bond donors (Lipinski definition) is 0. The molecule has 0 amide bonds. The summed E-state index contributed by atoms with van der Waals surface area (Å²) in [7, 11) is 0. The standard InChI is InChI=1S/3C5H4NOS.Bi/c3*7-6-4-2-1-3-5(6)8;/h3*1-4H;/q3*-1;+3. The smallest absolute Gasteiger partial charge is 0.805 e. The van der Waals surface area contributed by atoms with Gasteiger partial charge in [0.2, 0.25) is 0 Å². The molecule has 0 aromatic carbocycles. The van der Waals surface area contributed by atoms with E-state index < -0.39 is 0 Å². The number of pyridine rings is 3. The van der Waals surface area contributed by atoms with Gasteiger partial charge in [-0.25, -0.2) is 0 Å². The van der Waals surface area contributed by atoms with Crippen LogP contribution >= 0.6 is 36.7 Å². The first-order chi connectivity index (χ1) is 11.4. The first-order valence-corrected chi connectivity index (χ1v) is 7.70. The van der Waals surface area contributed by atoms with Crippen LogP contribution in [0.25, 0.3) is 0 Å². The van der Waals surface area contributed by atoms with E-state index in [9.17, 15) is 15.6 Å². The molecule has 2 radical (unpaired) electrons. The molecular formula is C15H12BiN3O3S3. The second kappa shape index (κ2) is 12.7. The van der Waals surface area contributed by atoms with Crippen LogP contribution in [0.15, 0.2) is 73.2 Å². The van der Waals surface area contributed by atoms with Crippen molar-refractivity contribution in [1.82, 2.24) is 14.2 Å². The normalized spacial score (nSPS) is 8.64. The van der Waals surface area contributed by atoms with E-state index >= 15 is 0 Å². The molecule has 25 heavy (non-hydrogen) atoms.